The maximum atomic E-state index is 11.7. The molecule has 1 aromatic rings. The second kappa shape index (κ2) is 8.39. The number of carbonyl (C=O) groups excluding carboxylic acids is 2. The van der Waals surface area contributed by atoms with Crippen molar-refractivity contribution < 1.29 is 9.59 Å². The average molecular weight is 362 g/mol. The van der Waals surface area contributed by atoms with Crippen molar-refractivity contribution in [2.24, 2.45) is 0 Å². The molecule has 0 atom stereocenters. The van der Waals surface area contributed by atoms with Crippen molar-refractivity contribution in [1.29, 1.82) is 0 Å². The van der Waals surface area contributed by atoms with E-state index in [-0.39, 0.29) is 30.9 Å². The summed E-state index contributed by atoms with van der Waals surface area (Å²) in [5, 5.41) is 5.33. The number of amides is 2. The average Bonchev–Trinajstić information content (AvgIpc) is 2.71. The van der Waals surface area contributed by atoms with Crippen LogP contribution in [0.25, 0.3) is 0 Å². The van der Waals surface area contributed by atoms with Crippen LogP contribution in [0, 0.1) is 0 Å². The first-order valence-electron chi connectivity index (χ1n) is 6.35. The highest BCUT2D eigenvalue weighted by molar-refractivity contribution is 9.11. The minimum absolute atomic E-state index is 0.0232. The molecule has 0 radical (unpaired) electrons. The Labute approximate surface area is 131 Å². The van der Waals surface area contributed by atoms with Crippen LogP contribution < -0.4 is 10.6 Å². The molecular formula is C13H20BrN3O2S. The first kappa shape index (κ1) is 17.1. The second-order valence-electron chi connectivity index (χ2n) is 4.88. The summed E-state index contributed by atoms with van der Waals surface area (Å²) in [6, 6.07) is 4.10. The van der Waals surface area contributed by atoms with Gasteiger partial charge in [0.25, 0.3) is 0 Å². The number of nitrogens with zero attached hydrogens (tertiary/aromatic N) is 1. The SMILES string of the molecule is CC(C)NC(=O)CNC(=O)CN(C)Cc1ccc(Br)s1. The van der Waals surface area contributed by atoms with Crippen molar-refractivity contribution in [2.75, 3.05) is 20.1 Å². The number of thiophene rings is 1. The van der Waals surface area contributed by atoms with Gasteiger partial charge in [0, 0.05) is 17.5 Å². The lowest BCUT2D eigenvalue weighted by atomic mass is 10.4. The minimum Gasteiger partial charge on any atom is -0.352 e. The molecule has 5 nitrogen and oxygen atoms in total. The summed E-state index contributed by atoms with van der Waals surface area (Å²) < 4.78 is 1.08. The van der Waals surface area contributed by atoms with Gasteiger partial charge in [-0.1, -0.05) is 0 Å². The number of carbonyl (C=O) groups is 2. The zero-order chi connectivity index (χ0) is 15.1. The van der Waals surface area contributed by atoms with Gasteiger partial charge in [-0.25, -0.2) is 0 Å². The molecule has 0 aliphatic rings. The molecule has 0 saturated carbocycles. The number of hydrogen-bond acceptors (Lipinski definition) is 4. The Morgan fingerprint density at radius 1 is 1.35 bits per heavy atom. The van der Waals surface area contributed by atoms with Crippen molar-refractivity contribution in [2.45, 2.75) is 26.4 Å². The van der Waals surface area contributed by atoms with E-state index in [1.807, 2.05) is 37.9 Å². The van der Waals surface area contributed by atoms with Gasteiger partial charge in [-0.05, 0) is 49.0 Å². The van der Waals surface area contributed by atoms with Crippen LogP contribution >= 0.6 is 27.3 Å². The maximum absolute atomic E-state index is 11.7. The van der Waals surface area contributed by atoms with E-state index in [0.717, 1.165) is 3.79 Å². The maximum Gasteiger partial charge on any atom is 0.239 e. The minimum atomic E-state index is -0.168. The van der Waals surface area contributed by atoms with Crippen LogP contribution in [0.1, 0.15) is 18.7 Å². The zero-order valence-electron chi connectivity index (χ0n) is 11.9. The van der Waals surface area contributed by atoms with E-state index >= 15 is 0 Å². The fourth-order valence-corrected chi connectivity index (χ4v) is 3.18. The highest BCUT2D eigenvalue weighted by atomic mass is 79.9. The predicted molar refractivity (Wildman–Crippen MR) is 84.6 cm³/mol. The van der Waals surface area contributed by atoms with Gasteiger partial charge in [-0.3, -0.25) is 14.5 Å². The smallest absolute Gasteiger partial charge is 0.239 e. The van der Waals surface area contributed by atoms with Crippen molar-refractivity contribution >= 4 is 39.1 Å². The molecule has 2 amide bonds. The Balaban J connectivity index is 2.26. The van der Waals surface area contributed by atoms with Gasteiger partial charge >= 0.3 is 0 Å². The van der Waals surface area contributed by atoms with E-state index in [9.17, 15) is 9.59 Å². The standard InChI is InChI=1S/C13H20BrN3O2S/c1-9(2)16-12(18)6-15-13(19)8-17(3)7-10-4-5-11(14)20-10/h4-5,9H,6-8H2,1-3H3,(H,15,19)(H,16,18). The van der Waals surface area contributed by atoms with Crippen LogP contribution in [0.3, 0.4) is 0 Å². The third kappa shape index (κ3) is 7.02. The summed E-state index contributed by atoms with van der Waals surface area (Å²) in [6.07, 6.45) is 0. The van der Waals surface area contributed by atoms with Gasteiger partial charge in [0.2, 0.25) is 11.8 Å². The predicted octanol–water partition coefficient (Wildman–Crippen LogP) is 1.58. The Morgan fingerprint density at radius 2 is 2.05 bits per heavy atom. The highest BCUT2D eigenvalue weighted by Crippen LogP contribution is 2.22. The molecule has 0 aliphatic carbocycles. The Hall–Kier alpha value is -0.920. The largest absolute Gasteiger partial charge is 0.352 e. The van der Waals surface area contributed by atoms with Crippen LogP contribution in [0.15, 0.2) is 15.9 Å². The molecule has 1 aromatic heterocycles. The number of halogens is 1. The monoisotopic (exact) mass is 361 g/mol. The first-order valence-corrected chi connectivity index (χ1v) is 7.96. The molecule has 0 aliphatic heterocycles. The topological polar surface area (TPSA) is 61.4 Å². The molecule has 20 heavy (non-hydrogen) atoms. The number of nitrogens with one attached hydrogen (secondary N) is 2. The molecule has 0 spiro atoms. The zero-order valence-corrected chi connectivity index (χ0v) is 14.3. The lowest BCUT2D eigenvalue weighted by Gasteiger charge is -2.15. The van der Waals surface area contributed by atoms with E-state index in [0.29, 0.717) is 6.54 Å². The molecular weight excluding hydrogens is 342 g/mol. The van der Waals surface area contributed by atoms with E-state index in [1.165, 1.54) is 4.88 Å². The Bertz CT molecular complexity index is 462. The first-order chi connectivity index (χ1) is 9.36. The summed E-state index contributed by atoms with van der Waals surface area (Å²) in [5.41, 5.74) is 0. The molecule has 112 valence electrons. The van der Waals surface area contributed by atoms with E-state index in [1.54, 1.807) is 11.3 Å². The van der Waals surface area contributed by atoms with E-state index in [4.69, 9.17) is 0 Å². The number of likely N-dealkylation sites (N-methyl/N-ethyl adjacent to an activating group) is 1. The fourth-order valence-electron chi connectivity index (χ4n) is 1.61. The van der Waals surface area contributed by atoms with Crippen LogP contribution in [0.4, 0.5) is 0 Å². The molecule has 0 unspecified atom stereocenters. The molecule has 0 aromatic carbocycles. The lowest BCUT2D eigenvalue weighted by molar-refractivity contribution is -0.126. The van der Waals surface area contributed by atoms with Crippen molar-refractivity contribution in [3.05, 3.63) is 20.8 Å². The van der Waals surface area contributed by atoms with Gasteiger partial charge < -0.3 is 10.6 Å². The molecule has 0 fully saturated rings. The number of rotatable bonds is 7. The van der Waals surface area contributed by atoms with Gasteiger partial charge in [-0.15, -0.1) is 11.3 Å². The second-order valence-corrected chi connectivity index (χ2v) is 7.42. The summed E-state index contributed by atoms with van der Waals surface area (Å²) in [5.74, 6) is -0.319. The molecule has 7 heteroatoms. The van der Waals surface area contributed by atoms with Crippen LogP contribution in [0.5, 0.6) is 0 Å². The van der Waals surface area contributed by atoms with E-state index < -0.39 is 0 Å². The lowest BCUT2D eigenvalue weighted by Crippen LogP contribution is -2.42. The summed E-state index contributed by atoms with van der Waals surface area (Å²) >= 11 is 5.06. The van der Waals surface area contributed by atoms with Crippen molar-refractivity contribution in [3.63, 3.8) is 0 Å². The fraction of sp³-hybridized carbons (Fsp3) is 0.538. The third-order valence-electron chi connectivity index (χ3n) is 2.36. The van der Waals surface area contributed by atoms with Gasteiger partial charge in [0.1, 0.15) is 0 Å². The van der Waals surface area contributed by atoms with Crippen LogP contribution in [-0.4, -0.2) is 42.9 Å². The highest BCUT2D eigenvalue weighted by Gasteiger charge is 2.10. The Morgan fingerprint density at radius 3 is 2.60 bits per heavy atom. The third-order valence-corrected chi connectivity index (χ3v) is 3.97. The molecule has 2 N–H and O–H groups in total. The van der Waals surface area contributed by atoms with E-state index in [2.05, 4.69) is 26.6 Å². The van der Waals surface area contributed by atoms with Gasteiger partial charge in [0.15, 0.2) is 0 Å². The summed E-state index contributed by atoms with van der Waals surface area (Å²) in [6.45, 7) is 4.76. The normalized spacial score (nSPS) is 10.9. The Kier molecular flexibility index (Phi) is 7.18. The quantitative estimate of drug-likeness (QED) is 0.774. The van der Waals surface area contributed by atoms with Crippen molar-refractivity contribution in [3.8, 4) is 0 Å². The van der Waals surface area contributed by atoms with Crippen LogP contribution in [0.2, 0.25) is 0 Å². The van der Waals surface area contributed by atoms with Gasteiger partial charge in [0.05, 0.1) is 16.9 Å². The van der Waals surface area contributed by atoms with Gasteiger partial charge in [-0.2, -0.15) is 0 Å². The molecule has 0 bridgehead atoms. The van der Waals surface area contributed by atoms with Crippen molar-refractivity contribution in [1.82, 2.24) is 15.5 Å². The van der Waals surface area contributed by atoms with Crippen LogP contribution in [-0.2, 0) is 16.1 Å². The molecule has 1 heterocycles. The molecule has 0 saturated heterocycles. The summed E-state index contributed by atoms with van der Waals surface area (Å²) in [4.78, 5) is 26.2. The number of hydrogen-bond donors (Lipinski definition) is 2. The summed E-state index contributed by atoms with van der Waals surface area (Å²) in [7, 11) is 1.88. The molecule has 1 rings (SSSR count).